The standard InChI is InChI=1S/C60H60N6S3/c1-37-29-33-59(34-30-37,41-21-17-39(18-22-41)57(3,4)5)63-45-15-11-9-13-43(45)47-25-27-49(67-47)51-53(61)54(62)52(56-55(51)65-69-66-56)50-28-26-48(68-50)44-14-10-12-16-46(44)64-60(35-31-38(2)32-36-60)42-23-19-40(20-24-42)58(6,7)8/h9-33,35,63-64H,34,36,61-62H2,1-8H3. The molecule has 10 rings (SSSR count). The third-order valence-electron chi connectivity index (χ3n) is 13.9. The molecule has 3 aromatic heterocycles. The molecule has 0 aliphatic heterocycles. The number of nitrogens with zero attached hydrogens (tertiary/aromatic N) is 2. The summed E-state index contributed by atoms with van der Waals surface area (Å²) < 4.78 is 9.79. The number of anilines is 4. The Morgan fingerprint density at radius 1 is 0.493 bits per heavy atom. The van der Waals surface area contributed by atoms with Crippen molar-refractivity contribution in [3.63, 3.8) is 0 Å². The summed E-state index contributed by atoms with van der Waals surface area (Å²) in [5.74, 6) is 0. The summed E-state index contributed by atoms with van der Waals surface area (Å²) in [5, 5.41) is 8.07. The lowest BCUT2D eigenvalue weighted by Gasteiger charge is -2.36. The average Bonchev–Trinajstić information content (AvgIpc) is 4.14. The van der Waals surface area contributed by atoms with Gasteiger partial charge in [-0.3, -0.25) is 0 Å². The van der Waals surface area contributed by atoms with Gasteiger partial charge < -0.3 is 22.1 Å². The second-order valence-electron chi connectivity index (χ2n) is 20.8. The van der Waals surface area contributed by atoms with E-state index in [0.29, 0.717) is 11.4 Å². The molecule has 9 heteroatoms. The topological polar surface area (TPSA) is 102 Å². The SMILES string of the molecule is CC1=CCC(Nc2ccccc2-c2ccc(-c3c(N)c(N)c(-c4ccc(-c5ccccc5NC5(c6ccc(C(C)(C)C)cc6)C=CC(C)=CC5)s4)c4nsnc34)s2)(c2ccc(C(C)(C)C)cc2)C=C1. The highest BCUT2D eigenvalue weighted by molar-refractivity contribution is 7.19. The van der Waals surface area contributed by atoms with E-state index in [1.54, 1.807) is 22.7 Å². The Labute approximate surface area is 419 Å². The van der Waals surface area contributed by atoms with Crippen molar-refractivity contribution < 1.29 is 0 Å². The minimum absolute atomic E-state index is 0.0730. The summed E-state index contributed by atoms with van der Waals surface area (Å²) in [6, 6.07) is 44.1. The van der Waals surface area contributed by atoms with Gasteiger partial charge in [-0.2, -0.15) is 8.75 Å². The molecule has 2 aliphatic carbocycles. The molecule has 6 N–H and O–H groups in total. The highest BCUT2D eigenvalue weighted by Crippen LogP contribution is 2.51. The number of thiophene rings is 2. The van der Waals surface area contributed by atoms with E-state index in [1.807, 2.05) is 0 Å². The van der Waals surface area contributed by atoms with Crippen molar-refractivity contribution in [2.45, 2.75) is 90.1 Å². The van der Waals surface area contributed by atoms with E-state index >= 15 is 0 Å². The van der Waals surface area contributed by atoms with Gasteiger partial charge in [0.05, 0.1) is 34.2 Å². The predicted octanol–water partition coefficient (Wildman–Crippen LogP) is 16.7. The molecule has 0 radical (unpaired) electrons. The van der Waals surface area contributed by atoms with E-state index in [0.717, 1.165) is 77.0 Å². The van der Waals surface area contributed by atoms with Crippen LogP contribution >= 0.6 is 34.4 Å². The summed E-state index contributed by atoms with van der Waals surface area (Å²) in [5.41, 5.74) is 29.8. The van der Waals surface area contributed by atoms with Gasteiger partial charge in [-0.15, -0.1) is 22.7 Å². The number of nitrogens with two attached hydrogens (primary N) is 2. The van der Waals surface area contributed by atoms with Crippen LogP contribution in [0, 0.1) is 0 Å². The lowest BCUT2D eigenvalue weighted by atomic mass is 9.79. The third kappa shape index (κ3) is 8.77. The van der Waals surface area contributed by atoms with Gasteiger partial charge in [-0.05, 0) is 96.2 Å². The lowest BCUT2D eigenvalue weighted by molar-refractivity contribution is 0.584. The number of aromatic nitrogens is 2. The van der Waals surface area contributed by atoms with Crippen molar-refractivity contribution in [2.24, 2.45) is 0 Å². The fraction of sp³-hybridized carbons (Fsp3) is 0.233. The van der Waals surface area contributed by atoms with Gasteiger partial charge >= 0.3 is 0 Å². The second-order valence-corrected chi connectivity index (χ2v) is 23.5. The Kier molecular flexibility index (Phi) is 11.9. The van der Waals surface area contributed by atoms with Gasteiger partial charge in [0, 0.05) is 53.1 Å². The molecule has 3 heterocycles. The van der Waals surface area contributed by atoms with Crippen molar-refractivity contribution in [1.82, 2.24) is 8.75 Å². The number of fused-ring (bicyclic) bond motifs is 1. The molecule has 0 amide bonds. The number of hydrogen-bond donors (Lipinski definition) is 4. The van der Waals surface area contributed by atoms with Crippen molar-refractivity contribution in [2.75, 3.05) is 22.1 Å². The van der Waals surface area contributed by atoms with E-state index in [2.05, 4.69) is 224 Å². The monoisotopic (exact) mass is 960 g/mol. The van der Waals surface area contributed by atoms with Crippen LogP contribution in [0.1, 0.15) is 90.5 Å². The molecule has 0 bridgehead atoms. The van der Waals surface area contributed by atoms with Gasteiger partial charge in [0.25, 0.3) is 0 Å². The van der Waals surface area contributed by atoms with E-state index in [1.165, 1.54) is 45.1 Å². The molecule has 8 aromatic rings. The fourth-order valence-electron chi connectivity index (χ4n) is 9.63. The van der Waals surface area contributed by atoms with Gasteiger partial charge in [-0.25, -0.2) is 0 Å². The summed E-state index contributed by atoms with van der Waals surface area (Å²) in [7, 11) is 0. The zero-order valence-corrected chi connectivity index (χ0v) is 43.1. The molecule has 0 saturated heterocycles. The molecule has 5 aromatic carbocycles. The normalized spacial score (nSPS) is 18.3. The van der Waals surface area contributed by atoms with Crippen LogP contribution in [0.4, 0.5) is 22.7 Å². The highest BCUT2D eigenvalue weighted by atomic mass is 32.1. The van der Waals surface area contributed by atoms with Gasteiger partial charge in [-0.1, -0.05) is 174 Å². The molecule has 0 spiro atoms. The molecule has 6 nitrogen and oxygen atoms in total. The molecule has 2 atom stereocenters. The lowest BCUT2D eigenvalue weighted by Crippen LogP contribution is -2.34. The van der Waals surface area contributed by atoms with Gasteiger partial charge in [0.15, 0.2) is 0 Å². The van der Waals surface area contributed by atoms with E-state index in [9.17, 15) is 0 Å². The zero-order chi connectivity index (χ0) is 48.3. The number of nitrogen functional groups attached to an aromatic ring is 2. The quantitative estimate of drug-likeness (QED) is 0.102. The minimum atomic E-state index is -0.413. The average molecular weight is 961 g/mol. The first-order chi connectivity index (χ1) is 33.0. The number of allylic oxidation sites excluding steroid dienone is 4. The predicted molar refractivity (Wildman–Crippen MR) is 300 cm³/mol. The van der Waals surface area contributed by atoms with Crippen LogP contribution in [-0.2, 0) is 21.9 Å². The first-order valence-corrected chi connectivity index (χ1v) is 26.1. The maximum atomic E-state index is 7.15. The maximum absolute atomic E-state index is 7.15. The molecular weight excluding hydrogens is 901 g/mol. The van der Waals surface area contributed by atoms with Crippen LogP contribution in [0.25, 0.3) is 52.8 Å². The minimum Gasteiger partial charge on any atom is -0.396 e. The molecule has 2 unspecified atom stereocenters. The van der Waals surface area contributed by atoms with Crippen LogP contribution in [-0.4, -0.2) is 8.75 Å². The van der Waals surface area contributed by atoms with Crippen LogP contribution in [0.2, 0.25) is 0 Å². The molecule has 348 valence electrons. The Hall–Kier alpha value is -6.52. The summed E-state index contributed by atoms with van der Waals surface area (Å²) in [6.07, 6.45) is 15.4. The Morgan fingerprint density at radius 2 is 0.870 bits per heavy atom. The number of benzene rings is 5. The number of para-hydroxylation sites is 2. The fourth-order valence-corrected chi connectivity index (χ4v) is 12.4. The Bertz CT molecular complexity index is 3130. The van der Waals surface area contributed by atoms with Gasteiger partial charge in [0.1, 0.15) is 11.0 Å². The third-order valence-corrected chi connectivity index (χ3v) is 16.7. The first kappa shape index (κ1) is 46.2. The molecule has 2 aliphatic rings. The molecule has 69 heavy (non-hydrogen) atoms. The smallest absolute Gasteiger partial charge is 0.116 e. The largest absolute Gasteiger partial charge is 0.396 e. The van der Waals surface area contributed by atoms with Crippen LogP contribution < -0.4 is 22.1 Å². The Morgan fingerprint density at radius 3 is 1.23 bits per heavy atom. The number of hydrogen-bond acceptors (Lipinski definition) is 9. The van der Waals surface area contributed by atoms with Gasteiger partial charge in [0.2, 0.25) is 0 Å². The zero-order valence-electron chi connectivity index (χ0n) is 40.7. The van der Waals surface area contributed by atoms with Crippen LogP contribution in [0.3, 0.4) is 0 Å². The molecule has 0 saturated carbocycles. The van der Waals surface area contributed by atoms with Crippen molar-refractivity contribution in [1.29, 1.82) is 0 Å². The van der Waals surface area contributed by atoms with E-state index in [-0.39, 0.29) is 10.8 Å². The maximum Gasteiger partial charge on any atom is 0.116 e. The first-order valence-electron chi connectivity index (χ1n) is 23.7. The van der Waals surface area contributed by atoms with E-state index < -0.39 is 11.1 Å². The molecule has 0 fully saturated rings. The number of nitrogens with one attached hydrogen (secondary N) is 2. The molecular formula is C60H60N6S3. The highest BCUT2D eigenvalue weighted by Gasteiger charge is 2.34. The van der Waals surface area contributed by atoms with Crippen molar-refractivity contribution >= 4 is 68.2 Å². The van der Waals surface area contributed by atoms with Crippen molar-refractivity contribution in [3.8, 4) is 41.8 Å². The van der Waals surface area contributed by atoms with Crippen LogP contribution in [0.15, 0.2) is 169 Å². The van der Waals surface area contributed by atoms with E-state index in [4.69, 9.17) is 20.2 Å². The second kappa shape index (κ2) is 17.8. The summed E-state index contributed by atoms with van der Waals surface area (Å²) >= 11 is 4.58. The summed E-state index contributed by atoms with van der Waals surface area (Å²) in [6.45, 7) is 17.9. The number of rotatable bonds is 10. The van der Waals surface area contributed by atoms with Crippen LogP contribution in [0.5, 0.6) is 0 Å². The summed E-state index contributed by atoms with van der Waals surface area (Å²) in [4.78, 5) is 4.22. The Balaban J connectivity index is 0.969. The van der Waals surface area contributed by atoms with Crippen molar-refractivity contribution in [3.05, 3.63) is 191 Å².